The third kappa shape index (κ3) is 1.71. The van der Waals surface area contributed by atoms with E-state index >= 15 is 0 Å². The zero-order valence-corrected chi connectivity index (χ0v) is 10.3. The number of carbonyl (C=O) groups is 2. The minimum absolute atomic E-state index is 0.182. The largest absolute Gasteiger partial charge is 0.480 e. The van der Waals surface area contributed by atoms with Gasteiger partial charge in [-0.25, -0.2) is 0 Å². The highest BCUT2D eigenvalue weighted by Gasteiger charge is 2.53. The first kappa shape index (κ1) is 11.8. The van der Waals surface area contributed by atoms with Crippen LogP contribution in [0.3, 0.4) is 0 Å². The van der Waals surface area contributed by atoms with Crippen molar-refractivity contribution in [2.75, 3.05) is 18.6 Å². The molecule has 2 fully saturated rings. The molecule has 5 heteroatoms. The van der Waals surface area contributed by atoms with Crippen LogP contribution in [0.15, 0.2) is 0 Å². The van der Waals surface area contributed by atoms with E-state index in [0.29, 0.717) is 12.8 Å². The maximum absolute atomic E-state index is 12.2. The minimum Gasteiger partial charge on any atom is -0.480 e. The molecule has 90 valence electrons. The van der Waals surface area contributed by atoms with Gasteiger partial charge < -0.3 is 10.0 Å². The highest BCUT2D eigenvalue weighted by atomic mass is 32.2. The summed E-state index contributed by atoms with van der Waals surface area (Å²) in [6.45, 7) is 0. The van der Waals surface area contributed by atoms with Gasteiger partial charge in [0, 0.05) is 18.8 Å². The molecule has 1 atom stereocenters. The molecule has 1 aliphatic heterocycles. The predicted octanol–water partition coefficient (Wildman–Crippen LogP) is 1.21. The Labute approximate surface area is 99.4 Å². The van der Waals surface area contributed by atoms with E-state index in [0.717, 1.165) is 24.3 Å². The van der Waals surface area contributed by atoms with Crippen molar-refractivity contribution in [1.82, 2.24) is 4.90 Å². The van der Waals surface area contributed by atoms with Gasteiger partial charge in [-0.1, -0.05) is 6.42 Å². The van der Waals surface area contributed by atoms with Gasteiger partial charge in [0.05, 0.1) is 0 Å². The van der Waals surface area contributed by atoms with Gasteiger partial charge in [-0.3, -0.25) is 9.59 Å². The quantitative estimate of drug-likeness (QED) is 0.757. The number of hydrogen-bond donors (Lipinski definition) is 1. The Morgan fingerprint density at radius 2 is 2.12 bits per heavy atom. The number of hydrogen-bond acceptors (Lipinski definition) is 3. The van der Waals surface area contributed by atoms with Crippen LogP contribution in [-0.4, -0.2) is 46.5 Å². The molecule has 0 aromatic heterocycles. The van der Waals surface area contributed by atoms with Gasteiger partial charge in [-0.2, -0.15) is 11.8 Å². The van der Waals surface area contributed by atoms with Gasteiger partial charge in [0.15, 0.2) is 0 Å². The number of thioether (sulfide) groups is 1. The first-order chi connectivity index (χ1) is 7.58. The molecule has 1 saturated carbocycles. The minimum atomic E-state index is -1.10. The molecule has 0 radical (unpaired) electrons. The summed E-state index contributed by atoms with van der Waals surface area (Å²) in [7, 11) is 1.75. The first-order valence-corrected chi connectivity index (χ1v) is 6.82. The van der Waals surface area contributed by atoms with E-state index < -0.39 is 11.4 Å². The topological polar surface area (TPSA) is 57.6 Å². The van der Waals surface area contributed by atoms with Crippen LogP contribution in [0.2, 0.25) is 0 Å². The predicted molar refractivity (Wildman–Crippen MR) is 62.4 cm³/mol. The highest BCUT2D eigenvalue weighted by molar-refractivity contribution is 7.99. The number of carboxylic acid groups (broad SMARTS) is 1. The molecule has 2 rings (SSSR count). The molecule has 1 N–H and O–H groups in total. The highest BCUT2D eigenvalue weighted by Crippen LogP contribution is 2.43. The van der Waals surface area contributed by atoms with Crippen LogP contribution in [0.5, 0.6) is 0 Å². The molecule has 0 spiro atoms. The molecule has 1 amide bonds. The van der Waals surface area contributed by atoms with Gasteiger partial charge >= 0.3 is 5.97 Å². The molecule has 1 heterocycles. The summed E-state index contributed by atoms with van der Waals surface area (Å²) in [5, 5.41) is 9.19. The first-order valence-electron chi connectivity index (χ1n) is 5.66. The average molecular weight is 243 g/mol. The number of carbonyl (C=O) groups excluding carboxylic acids is 1. The van der Waals surface area contributed by atoms with Crippen LogP contribution >= 0.6 is 11.8 Å². The summed E-state index contributed by atoms with van der Waals surface area (Å²) in [6, 6.07) is 0.231. The molecule has 2 aliphatic rings. The molecule has 0 bridgehead atoms. The van der Waals surface area contributed by atoms with Crippen LogP contribution in [0.25, 0.3) is 0 Å². The van der Waals surface area contributed by atoms with Gasteiger partial charge in [0.1, 0.15) is 5.41 Å². The number of rotatable bonds is 3. The van der Waals surface area contributed by atoms with Gasteiger partial charge in [0.25, 0.3) is 0 Å². The zero-order valence-electron chi connectivity index (χ0n) is 9.44. The van der Waals surface area contributed by atoms with E-state index in [1.807, 2.05) is 11.8 Å². The summed E-state index contributed by atoms with van der Waals surface area (Å²) < 4.78 is 0. The zero-order chi connectivity index (χ0) is 11.8. The van der Waals surface area contributed by atoms with Crippen LogP contribution in [0.1, 0.15) is 25.7 Å². The van der Waals surface area contributed by atoms with Gasteiger partial charge in [0.2, 0.25) is 5.91 Å². The summed E-state index contributed by atoms with van der Waals surface area (Å²) in [4.78, 5) is 25.1. The summed E-state index contributed by atoms with van der Waals surface area (Å²) >= 11 is 1.83. The summed E-state index contributed by atoms with van der Waals surface area (Å²) in [5.41, 5.74) is -1.10. The fourth-order valence-corrected chi connectivity index (χ4v) is 3.65. The van der Waals surface area contributed by atoms with Crippen molar-refractivity contribution >= 4 is 23.6 Å². The molecule has 4 nitrogen and oxygen atoms in total. The average Bonchev–Trinajstić information content (AvgIpc) is 2.66. The van der Waals surface area contributed by atoms with Crippen molar-refractivity contribution in [3.63, 3.8) is 0 Å². The van der Waals surface area contributed by atoms with Crippen molar-refractivity contribution in [3.05, 3.63) is 0 Å². The van der Waals surface area contributed by atoms with Gasteiger partial charge in [-0.05, 0) is 25.0 Å². The normalized spacial score (nSPS) is 27.2. The second kappa shape index (κ2) is 4.28. The van der Waals surface area contributed by atoms with E-state index in [9.17, 15) is 14.7 Å². The van der Waals surface area contributed by atoms with E-state index in [-0.39, 0.29) is 11.9 Å². The molecule has 1 aliphatic carbocycles. The Kier molecular flexibility index (Phi) is 3.15. The number of amides is 1. The van der Waals surface area contributed by atoms with Crippen molar-refractivity contribution in [3.8, 4) is 0 Å². The second-order valence-electron chi connectivity index (χ2n) is 4.67. The standard InChI is InChI=1S/C11H17NO3S/c1-12(8-3-6-16-7-8)9(13)11(10(14)15)4-2-5-11/h8H,2-7H2,1H3,(H,14,15). The fourth-order valence-electron chi connectivity index (χ4n) is 2.38. The van der Waals surface area contributed by atoms with Crippen LogP contribution in [0.4, 0.5) is 0 Å². The lowest BCUT2D eigenvalue weighted by Crippen LogP contribution is -2.54. The molecule has 1 unspecified atom stereocenters. The van der Waals surface area contributed by atoms with E-state index in [1.165, 1.54) is 0 Å². The van der Waals surface area contributed by atoms with Crippen LogP contribution in [-0.2, 0) is 9.59 Å². The third-order valence-corrected chi connectivity index (χ3v) is 4.94. The lowest BCUT2D eigenvalue weighted by molar-refractivity contribution is -0.167. The molecule has 0 aromatic rings. The maximum Gasteiger partial charge on any atom is 0.319 e. The van der Waals surface area contributed by atoms with Crippen LogP contribution < -0.4 is 0 Å². The molecule has 1 saturated heterocycles. The number of carboxylic acids is 1. The Hall–Kier alpha value is -0.710. The summed E-state index contributed by atoms with van der Waals surface area (Å²) in [6.07, 6.45) is 2.85. The molecule has 0 aromatic carbocycles. The lowest BCUT2D eigenvalue weighted by atomic mass is 9.67. The van der Waals surface area contributed by atoms with Crippen molar-refractivity contribution < 1.29 is 14.7 Å². The van der Waals surface area contributed by atoms with Crippen molar-refractivity contribution in [1.29, 1.82) is 0 Å². The van der Waals surface area contributed by atoms with E-state index in [4.69, 9.17) is 0 Å². The van der Waals surface area contributed by atoms with Crippen molar-refractivity contribution in [2.45, 2.75) is 31.7 Å². The van der Waals surface area contributed by atoms with E-state index in [2.05, 4.69) is 0 Å². The maximum atomic E-state index is 12.2. The van der Waals surface area contributed by atoms with Gasteiger partial charge in [-0.15, -0.1) is 0 Å². The van der Waals surface area contributed by atoms with Crippen molar-refractivity contribution in [2.24, 2.45) is 5.41 Å². The Morgan fingerprint density at radius 1 is 1.44 bits per heavy atom. The second-order valence-corrected chi connectivity index (χ2v) is 5.82. The summed E-state index contributed by atoms with van der Waals surface area (Å²) in [5.74, 6) is 0.889. The Morgan fingerprint density at radius 3 is 2.50 bits per heavy atom. The molecule has 16 heavy (non-hydrogen) atoms. The van der Waals surface area contributed by atoms with E-state index in [1.54, 1.807) is 11.9 Å². The molecular formula is C11H17NO3S. The Bertz CT molecular complexity index is 308. The number of aliphatic carboxylic acids is 1. The molecular weight excluding hydrogens is 226 g/mol. The smallest absolute Gasteiger partial charge is 0.319 e. The fraction of sp³-hybridized carbons (Fsp3) is 0.818. The Balaban J connectivity index is 2.08. The lowest BCUT2D eigenvalue weighted by Gasteiger charge is -2.40. The number of nitrogens with zero attached hydrogens (tertiary/aromatic N) is 1. The van der Waals surface area contributed by atoms with Crippen LogP contribution in [0, 0.1) is 5.41 Å². The third-order valence-electron chi connectivity index (χ3n) is 3.80. The SMILES string of the molecule is CN(C(=O)C1(C(=O)O)CCC1)C1CCSC1. The monoisotopic (exact) mass is 243 g/mol.